The lowest BCUT2D eigenvalue weighted by atomic mass is 10.1. The Morgan fingerprint density at radius 3 is 2.60 bits per heavy atom. The highest BCUT2D eigenvalue weighted by molar-refractivity contribution is 6.36. The maximum Gasteiger partial charge on any atom is 0.193 e. The van der Waals surface area contributed by atoms with E-state index in [9.17, 15) is 4.79 Å². The third kappa shape index (κ3) is 1.86. The molecule has 0 aliphatic heterocycles. The third-order valence-corrected chi connectivity index (χ3v) is 2.43. The molecule has 0 aromatic heterocycles. The van der Waals surface area contributed by atoms with E-state index >= 15 is 0 Å². The highest BCUT2D eigenvalue weighted by Gasteiger charge is 2.01. The summed E-state index contributed by atoms with van der Waals surface area (Å²) in [6.45, 7) is 0. The second-order valence-corrected chi connectivity index (χ2v) is 3.44. The lowest BCUT2D eigenvalue weighted by Crippen LogP contribution is -1.80. The fraction of sp³-hybridized carbons (Fsp3) is 0. The number of aldehydes is 1. The summed E-state index contributed by atoms with van der Waals surface area (Å²) < 4.78 is 0. The van der Waals surface area contributed by atoms with Gasteiger partial charge in [0.2, 0.25) is 0 Å². The van der Waals surface area contributed by atoms with Gasteiger partial charge in [-0.25, -0.2) is 0 Å². The summed E-state index contributed by atoms with van der Waals surface area (Å²) in [6, 6.07) is 11.4. The predicted octanol–water partition coefficient (Wildman–Crippen LogP) is 3.04. The standard InChI is InChI=1S/C13H7ClO/c14-12-8-2-6-10-4-1-5-11(13(10)12)7-3-9-15/h1-2,4-6,8-9H. The van der Waals surface area contributed by atoms with Crippen LogP contribution in [-0.2, 0) is 4.79 Å². The van der Waals surface area contributed by atoms with Gasteiger partial charge in [0.15, 0.2) is 6.29 Å². The number of rotatable bonds is 0. The molecule has 0 radical (unpaired) electrons. The molecule has 15 heavy (non-hydrogen) atoms. The van der Waals surface area contributed by atoms with Crippen LogP contribution in [0.5, 0.6) is 0 Å². The number of carbonyl (C=O) groups excluding carboxylic acids is 1. The highest BCUT2D eigenvalue weighted by Crippen LogP contribution is 2.26. The van der Waals surface area contributed by atoms with Crippen molar-refractivity contribution < 1.29 is 4.79 Å². The summed E-state index contributed by atoms with van der Waals surface area (Å²) in [5.41, 5.74) is 0.783. The SMILES string of the molecule is O=CC#Cc1cccc2cccc(Cl)c12. The first kappa shape index (κ1) is 9.76. The minimum atomic E-state index is 0.579. The second kappa shape index (κ2) is 4.16. The summed E-state index contributed by atoms with van der Waals surface area (Å²) >= 11 is 6.09. The van der Waals surface area contributed by atoms with Gasteiger partial charge in [-0.15, -0.1) is 0 Å². The Balaban J connectivity index is 2.79. The Bertz CT molecular complexity index is 571. The van der Waals surface area contributed by atoms with E-state index in [0.717, 1.165) is 16.3 Å². The molecule has 0 unspecified atom stereocenters. The van der Waals surface area contributed by atoms with Gasteiger partial charge in [-0.05, 0) is 23.4 Å². The summed E-state index contributed by atoms with van der Waals surface area (Å²) in [5.74, 6) is 5.17. The van der Waals surface area contributed by atoms with Gasteiger partial charge in [-0.1, -0.05) is 41.8 Å². The Labute approximate surface area is 92.7 Å². The van der Waals surface area contributed by atoms with Crippen molar-refractivity contribution >= 4 is 28.7 Å². The van der Waals surface area contributed by atoms with Gasteiger partial charge in [0, 0.05) is 16.0 Å². The highest BCUT2D eigenvalue weighted by atomic mass is 35.5. The van der Waals surface area contributed by atoms with Crippen LogP contribution in [0.4, 0.5) is 0 Å². The van der Waals surface area contributed by atoms with Gasteiger partial charge in [0.25, 0.3) is 0 Å². The summed E-state index contributed by atoms with van der Waals surface area (Å²) in [7, 11) is 0. The minimum absolute atomic E-state index is 0.579. The van der Waals surface area contributed by atoms with Crippen LogP contribution >= 0.6 is 11.6 Å². The van der Waals surface area contributed by atoms with Gasteiger partial charge in [-0.3, -0.25) is 4.79 Å². The molecule has 0 fully saturated rings. The first-order chi connectivity index (χ1) is 7.33. The van der Waals surface area contributed by atoms with Crippen molar-refractivity contribution in [2.75, 3.05) is 0 Å². The molecule has 0 aliphatic carbocycles. The van der Waals surface area contributed by atoms with Crippen molar-refractivity contribution in [3.63, 3.8) is 0 Å². The fourth-order valence-electron chi connectivity index (χ4n) is 1.51. The van der Waals surface area contributed by atoms with Gasteiger partial charge in [0.1, 0.15) is 0 Å². The quantitative estimate of drug-likeness (QED) is 0.487. The summed E-state index contributed by atoms with van der Waals surface area (Å²) in [4.78, 5) is 10.2. The van der Waals surface area contributed by atoms with Gasteiger partial charge >= 0.3 is 0 Å². The van der Waals surface area contributed by atoms with Crippen LogP contribution in [0.15, 0.2) is 36.4 Å². The van der Waals surface area contributed by atoms with Crippen LogP contribution in [0, 0.1) is 11.8 Å². The largest absolute Gasteiger partial charge is 0.289 e. The Kier molecular flexibility index (Phi) is 2.71. The Hall–Kier alpha value is -1.78. The normalized spacial score (nSPS) is 9.40. The zero-order valence-electron chi connectivity index (χ0n) is 7.83. The second-order valence-electron chi connectivity index (χ2n) is 3.03. The Morgan fingerprint density at radius 1 is 1.13 bits per heavy atom. The predicted molar refractivity (Wildman–Crippen MR) is 61.9 cm³/mol. The number of benzene rings is 2. The summed E-state index contributed by atoms with van der Waals surface area (Å²) in [5, 5.41) is 2.58. The van der Waals surface area contributed by atoms with Crippen LogP contribution in [0.3, 0.4) is 0 Å². The Morgan fingerprint density at radius 2 is 1.87 bits per heavy atom. The number of fused-ring (bicyclic) bond motifs is 1. The van der Waals surface area contributed by atoms with E-state index in [1.807, 2.05) is 36.4 Å². The lowest BCUT2D eigenvalue weighted by molar-refractivity contribution is -0.103. The van der Waals surface area contributed by atoms with Crippen molar-refractivity contribution in [1.82, 2.24) is 0 Å². The van der Waals surface area contributed by atoms with Crippen LogP contribution in [0.25, 0.3) is 10.8 Å². The maximum atomic E-state index is 10.2. The average molecular weight is 215 g/mol. The fourth-order valence-corrected chi connectivity index (χ4v) is 1.79. The molecule has 2 aromatic rings. The van der Waals surface area contributed by atoms with Crippen molar-refractivity contribution in [3.8, 4) is 11.8 Å². The van der Waals surface area contributed by atoms with Crippen LogP contribution in [0.1, 0.15) is 5.56 Å². The first-order valence-corrected chi connectivity index (χ1v) is 4.83. The topological polar surface area (TPSA) is 17.1 Å². The molecule has 0 spiro atoms. The molecular formula is C13H7ClO. The van der Waals surface area contributed by atoms with E-state index in [1.54, 1.807) is 0 Å². The van der Waals surface area contributed by atoms with E-state index in [1.165, 1.54) is 0 Å². The van der Waals surface area contributed by atoms with Gasteiger partial charge in [-0.2, -0.15) is 0 Å². The van der Waals surface area contributed by atoms with E-state index < -0.39 is 0 Å². The number of halogens is 1. The smallest absolute Gasteiger partial charge is 0.193 e. The molecule has 2 rings (SSSR count). The number of hydrogen-bond acceptors (Lipinski definition) is 1. The van der Waals surface area contributed by atoms with Crippen molar-refractivity contribution in [3.05, 3.63) is 47.0 Å². The molecule has 2 aromatic carbocycles. The summed E-state index contributed by atoms with van der Waals surface area (Å²) in [6.07, 6.45) is 0.579. The molecular weight excluding hydrogens is 208 g/mol. The molecule has 0 bridgehead atoms. The van der Waals surface area contributed by atoms with E-state index in [0.29, 0.717) is 11.3 Å². The van der Waals surface area contributed by atoms with Gasteiger partial charge in [0.05, 0.1) is 0 Å². The molecule has 72 valence electrons. The molecule has 0 saturated heterocycles. The maximum absolute atomic E-state index is 10.2. The monoisotopic (exact) mass is 214 g/mol. The molecule has 0 saturated carbocycles. The van der Waals surface area contributed by atoms with E-state index in [-0.39, 0.29) is 0 Å². The molecule has 1 nitrogen and oxygen atoms in total. The molecule has 0 aliphatic rings. The molecule has 0 N–H and O–H groups in total. The minimum Gasteiger partial charge on any atom is -0.289 e. The van der Waals surface area contributed by atoms with E-state index in [4.69, 9.17) is 11.6 Å². The van der Waals surface area contributed by atoms with Crippen molar-refractivity contribution in [2.45, 2.75) is 0 Å². The van der Waals surface area contributed by atoms with Crippen molar-refractivity contribution in [2.24, 2.45) is 0 Å². The zero-order chi connectivity index (χ0) is 10.7. The van der Waals surface area contributed by atoms with Crippen LogP contribution in [0.2, 0.25) is 5.02 Å². The number of hydrogen-bond donors (Lipinski definition) is 0. The lowest BCUT2D eigenvalue weighted by Gasteiger charge is -2.02. The zero-order valence-corrected chi connectivity index (χ0v) is 8.58. The molecule has 0 atom stereocenters. The first-order valence-electron chi connectivity index (χ1n) is 4.45. The van der Waals surface area contributed by atoms with Gasteiger partial charge < -0.3 is 0 Å². The molecule has 0 heterocycles. The molecule has 0 amide bonds. The van der Waals surface area contributed by atoms with Crippen molar-refractivity contribution in [1.29, 1.82) is 0 Å². The number of carbonyl (C=O) groups is 1. The molecule has 2 heteroatoms. The third-order valence-electron chi connectivity index (χ3n) is 2.12. The van der Waals surface area contributed by atoms with Crippen LogP contribution < -0.4 is 0 Å². The van der Waals surface area contributed by atoms with E-state index in [2.05, 4.69) is 11.8 Å². The van der Waals surface area contributed by atoms with Crippen LogP contribution in [-0.4, -0.2) is 6.29 Å². The average Bonchev–Trinajstić information content (AvgIpc) is 2.26.